The van der Waals surface area contributed by atoms with Crippen molar-refractivity contribution >= 4 is 17.4 Å². The van der Waals surface area contributed by atoms with E-state index in [-0.39, 0.29) is 28.4 Å². The van der Waals surface area contributed by atoms with Gasteiger partial charge in [0.05, 0.1) is 18.1 Å². The number of hydrogen-bond acceptors (Lipinski definition) is 6. The van der Waals surface area contributed by atoms with E-state index in [1.807, 2.05) is 38.1 Å². The second-order valence-electron chi connectivity index (χ2n) is 12.3. The Bertz CT molecular complexity index is 1400. The predicted octanol–water partition coefficient (Wildman–Crippen LogP) is 5.55. The lowest BCUT2D eigenvalue weighted by atomic mass is 9.44. The van der Waals surface area contributed by atoms with E-state index < -0.39 is 27.9 Å². The quantitative estimate of drug-likeness (QED) is 0.422. The molecule has 1 amide bonds. The number of nitrogens with zero attached hydrogens (tertiary/aromatic N) is 1. The fourth-order valence-corrected chi connectivity index (χ4v) is 8.19. The molecule has 2 aliphatic carbocycles. The van der Waals surface area contributed by atoms with Gasteiger partial charge in [0.1, 0.15) is 28.4 Å². The van der Waals surface area contributed by atoms with Crippen molar-refractivity contribution in [3.63, 3.8) is 0 Å². The van der Waals surface area contributed by atoms with Crippen LogP contribution in [-0.2, 0) is 11.2 Å². The van der Waals surface area contributed by atoms with Gasteiger partial charge in [-0.3, -0.25) is 19.7 Å². The first-order valence-corrected chi connectivity index (χ1v) is 13.5. The minimum Gasteiger partial charge on any atom is -0.496 e. The Kier molecular flexibility index (Phi) is 5.27. The van der Waals surface area contributed by atoms with Gasteiger partial charge in [-0.1, -0.05) is 45.9 Å². The molecule has 2 heterocycles. The molecule has 1 N–H and O–H groups in total. The summed E-state index contributed by atoms with van der Waals surface area (Å²) in [5.41, 5.74) is 0.347. The lowest BCUT2D eigenvalue weighted by molar-refractivity contribution is -0.385. The molecule has 200 valence electrons. The molecule has 2 aromatic rings. The molecule has 2 aromatic carbocycles. The molecule has 0 aromatic heterocycles. The average molecular weight is 519 g/mol. The molecule has 6 rings (SSSR count). The van der Waals surface area contributed by atoms with Crippen LogP contribution in [0.3, 0.4) is 0 Å². The molecule has 0 radical (unpaired) electrons. The molecule has 0 bridgehead atoms. The van der Waals surface area contributed by atoms with Crippen LogP contribution in [0.2, 0.25) is 0 Å². The minimum atomic E-state index is -0.652. The number of hydrogen-bond donors (Lipinski definition) is 1. The molecule has 0 saturated heterocycles. The molecule has 4 aliphatic rings. The number of amides is 1. The number of fused-ring (bicyclic) bond motifs is 3. The maximum absolute atomic E-state index is 13.3. The maximum Gasteiger partial charge on any atom is 0.283 e. The predicted molar refractivity (Wildman–Crippen MR) is 140 cm³/mol. The first-order valence-electron chi connectivity index (χ1n) is 13.5. The van der Waals surface area contributed by atoms with E-state index in [1.54, 1.807) is 13.2 Å². The number of ketones is 1. The lowest BCUT2D eigenvalue weighted by Gasteiger charge is -2.65. The van der Waals surface area contributed by atoms with Gasteiger partial charge in [0.15, 0.2) is 0 Å². The van der Waals surface area contributed by atoms with E-state index >= 15 is 0 Å². The Hall–Kier alpha value is -3.42. The topological polar surface area (TPSA) is 108 Å². The summed E-state index contributed by atoms with van der Waals surface area (Å²) in [7, 11) is 1.56. The number of rotatable bonds is 3. The Labute approximate surface area is 222 Å². The number of para-hydroxylation sites is 1. The molecule has 38 heavy (non-hydrogen) atoms. The number of ether oxygens (including phenoxy) is 2. The second kappa shape index (κ2) is 8.04. The second-order valence-corrected chi connectivity index (χ2v) is 12.3. The van der Waals surface area contributed by atoms with E-state index in [2.05, 4.69) is 19.2 Å². The van der Waals surface area contributed by atoms with E-state index in [1.165, 1.54) is 0 Å². The molecule has 2 saturated carbocycles. The van der Waals surface area contributed by atoms with Crippen LogP contribution in [0.25, 0.3) is 0 Å². The van der Waals surface area contributed by atoms with Crippen LogP contribution in [0.4, 0.5) is 5.69 Å². The van der Waals surface area contributed by atoms with Crippen molar-refractivity contribution in [3.8, 4) is 11.5 Å². The standard InChI is InChI=1S/C30H34N2O6/c1-16-10-11-21-28(2,3)22(33)12-13-30(21)29(16,4)15-17-14-19(32(35)36)23-24(26(17)38-30)25(31-27(23)34)18-8-6-7-9-20(18)37-5/h6-9,14,16,21,25H,10-13,15H2,1-5H3,(H,31,34)/t16-,21-,25?,29+,30-/m0/s1. The molecule has 8 nitrogen and oxygen atoms in total. The summed E-state index contributed by atoms with van der Waals surface area (Å²) in [6, 6.07) is 8.28. The highest BCUT2D eigenvalue weighted by atomic mass is 16.6. The summed E-state index contributed by atoms with van der Waals surface area (Å²) in [4.78, 5) is 38.2. The van der Waals surface area contributed by atoms with Crippen molar-refractivity contribution in [2.45, 2.75) is 71.4 Å². The SMILES string of the molecule is COc1ccccc1C1NC(=O)c2c([N+](=O)[O-])cc3c(c21)O[C@@]12CCC(=O)C(C)(C)[C@@H]1CC[C@H](C)[C@@]2(C)C3. The number of carbonyl (C=O) groups is 2. The van der Waals surface area contributed by atoms with E-state index in [9.17, 15) is 19.7 Å². The molecule has 2 aliphatic heterocycles. The molecule has 5 atom stereocenters. The summed E-state index contributed by atoms with van der Waals surface area (Å²) in [6.45, 7) is 8.55. The van der Waals surface area contributed by atoms with Crippen LogP contribution in [0, 0.1) is 32.8 Å². The zero-order chi connectivity index (χ0) is 27.2. The van der Waals surface area contributed by atoms with Crippen molar-refractivity contribution in [1.82, 2.24) is 5.32 Å². The first kappa shape index (κ1) is 24.9. The average Bonchev–Trinajstić information content (AvgIpc) is 3.22. The number of Topliss-reactive ketones (excluding diaryl/α,β-unsaturated/α-hetero) is 1. The van der Waals surface area contributed by atoms with Crippen LogP contribution < -0.4 is 14.8 Å². The van der Waals surface area contributed by atoms with Gasteiger partial charge in [0.25, 0.3) is 11.6 Å². The monoisotopic (exact) mass is 518 g/mol. The summed E-state index contributed by atoms with van der Waals surface area (Å²) in [5, 5.41) is 15.2. The van der Waals surface area contributed by atoms with Crippen LogP contribution >= 0.6 is 0 Å². The Morgan fingerprint density at radius 1 is 1.16 bits per heavy atom. The van der Waals surface area contributed by atoms with Crippen LogP contribution in [0.1, 0.15) is 86.5 Å². The van der Waals surface area contributed by atoms with Crippen LogP contribution in [0.5, 0.6) is 11.5 Å². The van der Waals surface area contributed by atoms with Crippen molar-refractivity contribution in [1.29, 1.82) is 0 Å². The Morgan fingerprint density at radius 3 is 2.61 bits per heavy atom. The fraction of sp³-hybridized carbons (Fsp3) is 0.533. The third-order valence-corrected chi connectivity index (χ3v) is 10.5. The fourth-order valence-electron chi connectivity index (χ4n) is 8.19. The van der Waals surface area contributed by atoms with Crippen LogP contribution in [0.15, 0.2) is 30.3 Å². The van der Waals surface area contributed by atoms with Crippen molar-refractivity contribution in [3.05, 3.63) is 62.7 Å². The van der Waals surface area contributed by atoms with E-state index in [0.29, 0.717) is 47.8 Å². The number of carbonyl (C=O) groups excluding carboxylic acids is 2. The molecule has 1 unspecified atom stereocenters. The number of nitrogens with one attached hydrogen (secondary N) is 1. The van der Waals surface area contributed by atoms with Gasteiger partial charge >= 0.3 is 0 Å². The molecule has 1 spiro atoms. The largest absolute Gasteiger partial charge is 0.496 e. The highest BCUT2D eigenvalue weighted by Crippen LogP contribution is 2.66. The summed E-state index contributed by atoms with van der Waals surface area (Å²) >= 11 is 0. The highest BCUT2D eigenvalue weighted by molar-refractivity contribution is 6.04. The number of benzene rings is 2. The summed E-state index contributed by atoms with van der Waals surface area (Å²) in [5.74, 6) is 1.21. The van der Waals surface area contributed by atoms with Crippen molar-refractivity contribution in [2.24, 2.45) is 22.7 Å². The highest BCUT2D eigenvalue weighted by Gasteiger charge is 2.68. The third kappa shape index (κ3) is 3.03. The first-order chi connectivity index (χ1) is 18.0. The van der Waals surface area contributed by atoms with Crippen LogP contribution in [-0.4, -0.2) is 29.3 Å². The Morgan fingerprint density at radius 2 is 1.89 bits per heavy atom. The molecule has 8 heteroatoms. The summed E-state index contributed by atoms with van der Waals surface area (Å²) < 4.78 is 12.8. The number of methoxy groups -OCH3 is 1. The normalized spacial score (nSPS) is 32.7. The van der Waals surface area contributed by atoms with Gasteiger partial charge in [-0.15, -0.1) is 0 Å². The van der Waals surface area contributed by atoms with Crippen molar-refractivity contribution < 1.29 is 24.0 Å². The maximum atomic E-state index is 13.3. The third-order valence-electron chi connectivity index (χ3n) is 10.5. The van der Waals surface area contributed by atoms with Gasteiger partial charge in [0, 0.05) is 45.9 Å². The Balaban J connectivity index is 1.63. The molecular formula is C30H34N2O6. The van der Waals surface area contributed by atoms with E-state index in [0.717, 1.165) is 18.4 Å². The smallest absolute Gasteiger partial charge is 0.283 e. The van der Waals surface area contributed by atoms with Gasteiger partial charge in [-0.2, -0.15) is 0 Å². The van der Waals surface area contributed by atoms with Crippen molar-refractivity contribution in [2.75, 3.05) is 7.11 Å². The molecular weight excluding hydrogens is 484 g/mol. The van der Waals surface area contributed by atoms with Gasteiger partial charge < -0.3 is 14.8 Å². The minimum absolute atomic E-state index is 0.00576. The zero-order valence-corrected chi connectivity index (χ0v) is 22.6. The molecule has 2 fully saturated rings. The van der Waals surface area contributed by atoms with Gasteiger partial charge in [-0.05, 0) is 37.7 Å². The number of nitro benzene ring substituents is 1. The zero-order valence-electron chi connectivity index (χ0n) is 22.6. The van der Waals surface area contributed by atoms with Gasteiger partial charge in [0.2, 0.25) is 0 Å². The summed E-state index contributed by atoms with van der Waals surface area (Å²) in [6.07, 6.45) is 3.48. The number of nitro groups is 1. The van der Waals surface area contributed by atoms with E-state index in [4.69, 9.17) is 9.47 Å². The van der Waals surface area contributed by atoms with Gasteiger partial charge in [-0.25, -0.2) is 0 Å². The lowest BCUT2D eigenvalue weighted by Crippen LogP contribution is -2.69.